The monoisotopic (exact) mass is 637 g/mol. The van der Waals surface area contributed by atoms with Gasteiger partial charge in [0.2, 0.25) is 0 Å². The molecule has 1 heterocycles. The van der Waals surface area contributed by atoms with E-state index in [-0.39, 0.29) is 0 Å². The number of anilines is 3. The molecule has 0 spiro atoms. The Kier molecular flexibility index (Phi) is 6.53. The number of fused-ring (bicyclic) bond motifs is 7. The zero-order valence-electron chi connectivity index (χ0n) is 27.3. The Bertz CT molecular complexity index is 2880. The summed E-state index contributed by atoms with van der Waals surface area (Å²) in [5, 5.41) is 9.54. The molecule has 2 nitrogen and oxygen atoms in total. The summed E-state index contributed by atoms with van der Waals surface area (Å²) in [6.07, 6.45) is 0. The molecular formula is C48H31NO. The van der Waals surface area contributed by atoms with Crippen molar-refractivity contribution >= 4 is 71.3 Å². The lowest BCUT2D eigenvalue weighted by Gasteiger charge is -2.29. The molecule has 0 saturated heterocycles. The van der Waals surface area contributed by atoms with E-state index >= 15 is 0 Å². The third-order valence-corrected chi connectivity index (χ3v) is 10.0. The SMILES string of the molecule is c1ccc(-c2ccccc2N(c2ccc3c(ccc4ccccc43)c2)c2ccc(-c3cccc4ccccc34)c3oc4ccccc4c23)cc1. The van der Waals surface area contributed by atoms with Crippen LogP contribution < -0.4 is 4.90 Å². The molecule has 0 atom stereocenters. The molecule has 1 aromatic heterocycles. The molecule has 50 heavy (non-hydrogen) atoms. The van der Waals surface area contributed by atoms with E-state index in [1.807, 2.05) is 0 Å². The van der Waals surface area contributed by atoms with Gasteiger partial charge in [-0.25, -0.2) is 0 Å². The van der Waals surface area contributed by atoms with Gasteiger partial charge < -0.3 is 9.32 Å². The summed E-state index contributed by atoms with van der Waals surface area (Å²) in [6, 6.07) is 67.4. The fraction of sp³-hybridized carbons (Fsp3) is 0. The largest absolute Gasteiger partial charge is 0.455 e. The lowest BCUT2D eigenvalue weighted by molar-refractivity contribution is 0.670. The van der Waals surface area contributed by atoms with Gasteiger partial charge in [-0.15, -0.1) is 0 Å². The van der Waals surface area contributed by atoms with Gasteiger partial charge in [-0.1, -0.05) is 152 Å². The van der Waals surface area contributed by atoms with Crippen LogP contribution in [0, 0.1) is 0 Å². The zero-order chi connectivity index (χ0) is 33.0. The normalized spacial score (nSPS) is 11.6. The molecule has 234 valence electrons. The number of furan rings is 1. The molecule has 0 aliphatic heterocycles. The van der Waals surface area contributed by atoms with Gasteiger partial charge >= 0.3 is 0 Å². The van der Waals surface area contributed by atoms with Crippen molar-refractivity contribution in [2.24, 2.45) is 0 Å². The molecule has 0 aliphatic carbocycles. The first-order valence-corrected chi connectivity index (χ1v) is 17.1. The number of para-hydroxylation sites is 2. The Balaban J connectivity index is 1.30. The average molecular weight is 638 g/mol. The fourth-order valence-electron chi connectivity index (χ4n) is 7.75. The first kappa shape index (κ1) is 28.4. The number of benzene rings is 9. The highest BCUT2D eigenvalue weighted by molar-refractivity contribution is 6.19. The summed E-state index contributed by atoms with van der Waals surface area (Å²) in [4.78, 5) is 2.42. The van der Waals surface area contributed by atoms with Gasteiger partial charge in [-0.05, 0) is 79.8 Å². The summed E-state index contributed by atoms with van der Waals surface area (Å²) in [6.45, 7) is 0. The van der Waals surface area contributed by atoms with E-state index in [1.165, 1.54) is 37.9 Å². The molecule has 0 amide bonds. The Morgan fingerprint density at radius 2 is 1.00 bits per heavy atom. The molecule has 0 fully saturated rings. The highest BCUT2D eigenvalue weighted by Crippen LogP contribution is 2.49. The maximum absolute atomic E-state index is 6.86. The molecule has 2 heteroatoms. The van der Waals surface area contributed by atoms with Gasteiger partial charge in [0, 0.05) is 22.2 Å². The maximum atomic E-state index is 6.86. The van der Waals surface area contributed by atoms with E-state index in [1.54, 1.807) is 0 Å². The van der Waals surface area contributed by atoms with Crippen molar-refractivity contribution in [3.8, 4) is 22.3 Å². The first-order chi connectivity index (χ1) is 24.8. The predicted octanol–water partition coefficient (Wildman–Crippen LogP) is 13.8. The molecule has 10 aromatic rings. The van der Waals surface area contributed by atoms with E-state index in [0.29, 0.717) is 0 Å². The Morgan fingerprint density at radius 3 is 1.88 bits per heavy atom. The van der Waals surface area contributed by atoms with Gasteiger partial charge in [0.15, 0.2) is 0 Å². The quantitative estimate of drug-likeness (QED) is 0.175. The second-order valence-electron chi connectivity index (χ2n) is 12.9. The Hall–Kier alpha value is -6.64. The molecule has 0 aliphatic rings. The van der Waals surface area contributed by atoms with Crippen molar-refractivity contribution in [2.45, 2.75) is 0 Å². The third-order valence-electron chi connectivity index (χ3n) is 10.0. The van der Waals surface area contributed by atoms with Gasteiger partial charge in [0.05, 0.1) is 16.8 Å². The average Bonchev–Trinajstić information content (AvgIpc) is 3.58. The molecule has 9 aromatic carbocycles. The maximum Gasteiger partial charge on any atom is 0.145 e. The second kappa shape index (κ2) is 11.5. The first-order valence-electron chi connectivity index (χ1n) is 17.1. The van der Waals surface area contributed by atoms with Crippen molar-refractivity contribution in [3.63, 3.8) is 0 Å². The zero-order valence-corrected chi connectivity index (χ0v) is 27.3. The standard InChI is InChI=1S/C48H31NO/c1-2-13-33(14-3-1)40-20-8-10-23-44(40)49(36-27-28-39-35(31-36)26-25-34-16-5-6-18-37(34)39)45-30-29-42(41-22-12-17-32-15-4-7-19-38(32)41)48-47(45)43-21-9-11-24-46(43)50-48/h1-31H. The van der Waals surface area contributed by atoms with Crippen LogP contribution in [0.15, 0.2) is 192 Å². The summed E-state index contributed by atoms with van der Waals surface area (Å²) < 4.78 is 6.86. The summed E-state index contributed by atoms with van der Waals surface area (Å²) in [5.41, 5.74) is 9.57. The van der Waals surface area contributed by atoms with Crippen LogP contribution in [0.4, 0.5) is 17.1 Å². The molecule has 0 unspecified atom stereocenters. The van der Waals surface area contributed by atoms with Crippen LogP contribution in [-0.4, -0.2) is 0 Å². The summed E-state index contributed by atoms with van der Waals surface area (Å²) >= 11 is 0. The van der Waals surface area contributed by atoms with Gasteiger partial charge in [0.1, 0.15) is 11.2 Å². The van der Waals surface area contributed by atoms with E-state index < -0.39 is 0 Å². The van der Waals surface area contributed by atoms with Crippen molar-refractivity contribution in [1.82, 2.24) is 0 Å². The summed E-state index contributed by atoms with van der Waals surface area (Å²) in [5.74, 6) is 0. The van der Waals surface area contributed by atoms with Crippen LogP contribution in [-0.2, 0) is 0 Å². The van der Waals surface area contributed by atoms with Crippen LogP contribution in [0.5, 0.6) is 0 Å². The van der Waals surface area contributed by atoms with E-state index in [9.17, 15) is 0 Å². The van der Waals surface area contributed by atoms with Gasteiger partial charge in [0.25, 0.3) is 0 Å². The van der Waals surface area contributed by atoms with Crippen molar-refractivity contribution in [1.29, 1.82) is 0 Å². The minimum atomic E-state index is 0.873. The number of hydrogen-bond acceptors (Lipinski definition) is 2. The van der Waals surface area contributed by atoms with Crippen LogP contribution in [0.2, 0.25) is 0 Å². The predicted molar refractivity (Wildman–Crippen MR) is 212 cm³/mol. The summed E-state index contributed by atoms with van der Waals surface area (Å²) in [7, 11) is 0. The van der Waals surface area contributed by atoms with Crippen molar-refractivity contribution in [2.75, 3.05) is 4.90 Å². The topological polar surface area (TPSA) is 16.4 Å². The molecule has 0 bridgehead atoms. The van der Waals surface area contributed by atoms with E-state index in [2.05, 4.69) is 193 Å². The van der Waals surface area contributed by atoms with Crippen LogP contribution in [0.25, 0.3) is 76.5 Å². The van der Waals surface area contributed by atoms with Gasteiger partial charge in [-0.3, -0.25) is 0 Å². The van der Waals surface area contributed by atoms with Crippen LogP contribution in [0.1, 0.15) is 0 Å². The lowest BCUT2D eigenvalue weighted by atomic mass is 9.95. The van der Waals surface area contributed by atoms with Crippen LogP contribution >= 0.6 is 0 Å². The minimum Gasteiger partial charge on any atom is -0.455 e. The van der Waals surface area contributed by atoms with Crippen molar-refractivity contribution in [3.05, 3.63) is 188 Å². The van der Waals surface area contributed by atoms with Gasteiger partial charge in [-0.2, -0.15) is 0 Å². The smallest absolute Gasteiger partial charge is 0.145 e. The lowest BCUT2D eigenvalue weighted by Crippen LogP contribution is -2.12. The minimum absolute atomic E-state index is 0.873. The Morgan fingerprint density at radius 1 is 0.360 bits per heavy atom. The second-order valence-corrected chi connectivity index (χ2v) is 12.9. The Labute approximate surface area is 290 Å². The number of nitrogens with zero attached hydrogens (tertiary/aromatic N) is 1. The van der Waals surface area contributed by atoms with Crippen LogP contribution in [0.3, 0.4) is 0 Å². The van der Waals surface area contributed by atoms with E-state index in [4.69, 9.17) is 4.42 Å². The molecule has 10 rings (SSSR count). The molecule has 0 radical (unpaired) electrons. The number of rotatable bonds is 5. The highest BCUT2D eigenvalue weighted by atomic mass is 16.3. The molecular weight excluding hydrogens is 607 g/mol. The highest BCUT2D eigenvalue weighted by Gasteiger charge is 2.24. The van der Waals surface area contributed by atoms with Crippen molar-refractivity contribution < 1.29 is 4.42 Å². The molecule has 0 N–H and O–H groups in total. The number of hydrogen-bond donors (Lipinski definition) is 0. The third kappa shape index (κ3) is 4.50. The fourth-order valence-corrected chi connectivity index (χ4v) is 7.75. The molecule has 0 saturated carbocycles. The van der Waals surface area contributed by atoms with E-state index in [0.717, 1.165) is 55.7 Å².